The number of likely N-dealkylation sites (N-methyl/N-ethyl adjacent to an activating group) is 1. The van der Waals surface area contributed by atoms with Crippen molar-refractivity contribution in [3.63, 3.8) is 0 Å². The molecule has 94 valence electrons. The molecular formula is C13H21N3O. The average Bonchev–Trinajstić information content (AvgIpc) is 2.28. The Hall–Kier alpha value is -1.39. The van der Waals surface area contributed by atoms with E-state index in [-0.39, 0.29) is 11.9 Å². The molecule has 17 heavy (non-hydrogen) atoms. The molecule has 0 bridgehead atoms. The molecule has 1 aromatic rings. The molecule has 4 nitrogen and oxygen atoms in total. The van der Waals surface area contributed by atoms with E-state index in [0.717, 1.165) is 12.1 Å². The first-order valence-electron chi connectivity index (χ1n) is 5.76. The molecule has 0 saturated carbocycles. The maximum Gasteiger partial charge on any atom is 0.237 e. The van der Waals surface area contributed by atoms with Gasteiger partial charge in [0.1, 0.15) is 0 Å². The van der Waals surface area contributed by atoms with E-state index in [1.165, 1.54) is 0 Å². The van der Waals surface area contributed by atoms with Gasteiger partial charge in [0.15, 0.2) is 0 Å². The van der Waals surface area contributed by atoms with Gasteiger partial charge in [-0.3, -0.25) is 4.79 Å². The van der Waals surface area contributed by atoms with Crippen LogP contribution in [0.15, 0.2) is 30.3 Å². The maximum atomic E-state index is 11.7. The van der Waals surface area contributed by atoms with Crippen LogP contribution in [0.25, 0.3) is 0 Å². The molecule has 1 amide bonds. The minimum Gasteiger partial charge on any atom is -0.347 e. The lowest BCUT2D eigenvalue weighted by Gasteiger charge is -2.23. The van der Waals surface area contributed by atoms with Crippen LogP contribution in [-0.2, 0) is 4.79 Å². The number of hydrogen-bond acceptors (Lipinski definition) is 3. The first-order chi connectivity index (χ1) is 8.00. The first kappa shape index (κ1) is 13.7. The summed E-state index contributed by atoms with van der Waals surface area (Å²) in [4.78, 5) is 13.7. The standard InChI is InChI=1S/C13H21N3O/c1-10(14)13(17)15-12(9-16(2)3)11-7-5-4-6-8-11/h4-8,10,12H,9,14H2,1-3H3,(H,15,17). The molecule has 2 unspecified atom stereocenters. The van der Waals surface area contributed by atoms with E-state index < -0.39 is 6.04 Å². The van der Waals surface area contributed by atoms with E-state index in [9.17, 15) is 4.79 Å². The molecule has 0 aliphatic rings. The second-order valence-electron chi connectivity index (χ2n) is 4.52. The summed E-state index contributed by atoms with van der Waals surface area (Å²) in [7, 11) is 3.96. The normalized spacial score (nSPS) is 14.4. The second-order valence-corrected chi connectivity index (χ2v) is 4.52. The number of rotatable bonds is 5. The quantitative estimate of drug-likeness (QED) is 0.792. The van der Waals surface area contributed by atoms with E-state index in [1.54, 1.807) is 6.92 Å². The van der Waals surface area contributed by atoms with Gasteiger partial charge >= 0.3 is 0 Å². The highest BCUT2D eigenvalue weighted by Crippen LogP contribution is 2.13. The zero-order valence-corrected chi connectivity index (χ0v) is 10.7. The summed E-state index contributed by atoms with van der Waals surface area (Å²) in [6.07, 6.45) is 0. The van der Waals surface area contributed by atoms with Gasteiger partial charge in [0.05, 0.1) is 12.1 Å². The van der Waals surface area contributed by atoms with Gasteiger partial charge in [-0.15, -0.1) is 0 Å². The third-order valence-electron chi connectivity index (χ3n) is 2.48. The minimum atomic E-state index is -0.483. The number of nitrogens with zero attached hydrogens (tertiary/aromatic N) is 1. The van der Waals surface area contributed by atoms with Crippen molar-refractivity contribution in [1.82, 2.24) is 10.2 Å². The van der Waals surface area contributed by atoms with E-state index in [4.69, 9.17) is 5.73 Å². The Morgan fingerprint density at radius 3 is 2.41 bits per heavy atom. The van der Waals surface area contributed by atoms with E-state index in [2.05, 4.69) is 5.32 Å². The van der Waals surface area contributed by atoms with Gasteiger partial charge in [0.25, 0.3) is 0 Å². The molecule has 1 rings (SSSR count). The largest absolute Gasteiger partial charge is 0.347 e. The molecule has 1 aromatic carbocycles. The summed E-state index contributed by atoms with van der Waals surface area (Å²) in [5, 5.41) is 2.96. The van der Waals surface area contributed by atoms with Crippen molar-refractivity contribution in [2.75, 3.05) is 20.6 Å². The third-order valence-corrected chi connectivity index (χ3v) is 2.48. The van der Waals surface area contributed by atoms with Gasteiger partial charge in [-0.25, -0.2) is 0 Å². The van der Waals surface area contributed by atoms with E-state index in [1.807, 2.05) is 49.3 Å². The summed E-state index contributed by atoms with van der Waals surface area (Å²) in [6.45, 7) is 2.44. The lowest BCUT2D eigenvalue weighted by molar-refractivity contribution is -0.122. The van der Waals surface area contributed by atoms with Crippen molar-refractivity contribution in [3.05, 3.63) is 35.9 Å². The number of carbonyl (C=O) groups excluding carboxylic acids is 1. The summed E-state index contributed by atoms with van der Waals surface area (Å²) in [6, 6.07) is 9.41. The Morgan fingerprint density at radius 1 is 1.35 bits per heavy atom. The number of nitrogens with one attached hydrogen (secondary N) is 1. The number of benzene rings is 1. The van der Waals surface area contributed by atoms with Crippen molar-refractivity contribution in [2.45, 2.75) is 19.0 Å². The van der Waals surface area contributed by atoms with E-state index in [0.29, 0.717) is 0 Å². The Kier molecular flexibility index (Phi) is 5.12. The van der Waals surface area contributed by atoms with Crippen LogP contribution in [-0.4, -0.2) is 37.5 Å². The fraction of sp³-hybridized carbons (Fsp3) is 0.462. The summed E-state index contributed by atoms with van der Waals surface area (Å²) < 4.78 is 0. The zero-order valence-electron chi connectivity index (χ0n) is 10.7. The predicted molar refractivity (Wildman–Crippen MR) is 69.5 cm³/mol. The molecule has 0 saturated heterocycles. The maximum absolute atomic E-state index is 11.7. The molecule has 0 fully saturated rings. The molecular weight excluding hydrogens is 214 g/mol. The Labute approximate surface area is 103 Å². The van der Waals surface area contributed by atoms with Crippen LogP contribution < -0.4 is 11.1 Å². The topological polar surface area (TPSA) is 58.4 Å². The lowest BCUT2D eigenvalue weighted by atomic mass is 10.1. The fourth-order valence-electron chi connectivity index (χ4n) is 1.59. The van der Waals surface area contributed by atoms with Crippen molar-refractivity contribution in [2.24, 2.45) is 5.73 Å². The molecule has 0 aliphatic carbocycles. The fourth-order valence-corrected chi connectivity index (χ4v) is 1.59. The highest BCUT2D eigenvalue weighted by atomic mass is 16.2. The van der Waals surface area contributed by atoms with Crippen LogP contribution >= 0.6 is 0 Å². The van der Waals surface area contributed by atoms with Gasteiger partial charge in [0.2, 0.25) is 5.91 Å². The van der Waals surface area contributed by atoms with Crippen molar-refractivity contribution in [3.8, 4) is 0 Å². The molecule has 0 aromatic heterocycles. The van der Waals surface area contributed by atoms with Crippen LogP contribution in [0, 0.1) is 0 Å². The number of hydrogen-bond donors (Lipinski definition) is 2. The molecule has 0 aliphatic heterocycles. The molecule has 2 atom stereocenters. The van der Waals surface area contributed by atoms with Crippen molar-refractivity contribution >= 4 is 5.91 Å². The number of carbonyl (C=O) groups is 1. The van der Waals surface area contributed by atoms with Crippen LogP contribution in [0.3, 0.4) is 0 Å². The highest BCUT2D eigenvalue weighted by Gasteiger charge is 2.17. The Morgan fingerprint density at radius 2 is 1.94 bits per heavy atom. The van der Waals surface area contributed by atoms with Crippen molar-refractivity contribution in [1.29, 1.82) is 0 Å². The van der Waals surface area contributed by atoms with E-state index >= 15 is 0 Å². The first-order valence-corrected chi connectivity index (χ1v) is 5.76. The van der Waals surface area contributed by atoms with Gasteiger partial charge in [0, 0.05) is 6.54 Å². The molecule has 3 N–H and O–H groups in total. The number of amides is 1. The van der Waals surface area contributed by atoms with Crippen LogP contribution in [0.5, 0.6) is 0 Å². The van der Waals surface area contributed by atoms with Gasteiger partial charge in [-0.2, -0.15) is 0 Å². The monoisotopic (exact) mass is 235 g/mol. The molecule has 0 spiro atoms. The Balaban J connectivity index is 2.78. The minimum absolute atomic E-state index is 0.0234. The SMILES string of the molecule is CC(N)C(=O)NC(CN(C)C)c1ccccc1. The van der Waals surface area contributed by atoms with Crippen molar-refractivity contribution < 1.29 is 4.79 Å². The van der Waals surface area contributed by atoms with Crippen LogP contribution in [0.4, 0.5) is 0 Å². The van der Waals surface area contributed by atoms with Gasteiger partial charge < -0.3 is 16.0 Å². The van der Waals surface area contributed by atoms with Gasteiger partial charge in [-0.05, 0) is 26.6 Å². The third kappa shape index (κ3) is 4.54. The van der Waals surface area contributed by atoms with Crippen LogP contribution in [0.1, 0.15) is 18.5 Å². The smallest absolute Gasteiger partial charge is 0.237 e. The summed E-state index contributed by atoms with van der Waals surface area (Å²) in [5.74, 6) is -0.124. The zero-order chi connectivity index (χ0) is 12.8. The van der Waals surface area contributed by atoms with Gasteiger partial charge in [-0.1, -0.05) is 30.3 Å². The lowest BCUT2D eigenvalue weighted by Crippen LogP contribution is -2.43. The summed E-state index contributed by atoms with van der Waals surface area (Å²) in [5.41, 5.74) is 6.66. The average molecular weight is 235 g/mol. The predicted octanol–water partition coefficient (Wildman–Crippen LogP) is 0.753. The molecule has 0 radical (unpaired) electrons. The van der Waals surface area contributed by atoms with Crippen LogP contribution in [0.2, 0.25) is 0 Å². The molecule has 0 heterocycles. The second kappa shape index (κ2) is 6.37. The number of nitrogens with two attached hydrogens (primary N) is 1. The summed E-state index contributed by atoms with van der Waals surface area (Å²) >= 11 is 0. The highest BCUT2D eigenvalue weighted by molar-refractivity contribution is 5.81. The Bertz CT molecular complexity index is 349. The molecule has 4 heteroatoms.